The molecule has 1 N–H and O–H groups in total. The molecule has 0 aromatic carbocycles. The summed E-state index contributed by atoms with van der Waals surface area (Å²) < 4.78 is 0. The van der Waals surface area contributed by atoms with Gasteiger partial charge in [-0.25, -0.2) is 9.97 Å². The molecular formula is C8H13Cl2N3. The molecule has 0 amide bonds. The quantitative estimate of drug-likeness (QED) is 0.780. The lowest BCUT2D eigenvalue weighted by Crippen LogP contribution is -2.09. The summed E-state index contributed by atoms with van der Waals surface area (Å²) in [4.78, 5) is 8.42. The number of halogens is 2. The van der Waals surface area contributed by atoms with Gasteiger partial charge in [-0.15, -0.1) is 24.8 Å². The molecule has 0 radical (unpaired) electrons. The van der Waals surface area contributed by atoms with E-state index in [1.165, 1.54) is 6.42 Å². The lowest BCUT2D eigenvalue weighted by molar-refractivity contribution is 0.701. The first kappa shape index (κ1) is 12.6. The molecular weight excluding hydrogens is 209 g/mol. The topological polar surface area (TPSA) is 37.8 Å². The van der Waals surface area contributed by atoms with Crippen molar-refractivity contribution in [3.63, 3.8) is 0 Å². The van der Waals surface area contributed by atoms with Crippen molar-refractivity contribution in [3.8, 4) is 0 Å². The monoisotopic (exact) mass is 221 g/mol. The van der Waals surface area contributed by atoms with Gasteiger partial charge in [0.1, 0.15) is 5.82 Å². The second kappa shape index (κ2) is 6.13. The fourth-order valence-electron chi connectivity index (χ4n) is 1.40. The lowest BCUT2D eigenvalue weighted by atomic mass is 10.1. The summed E-state index contributed by atoms with van der Waals surface area (Å²) >= 11 is 0. The van der Waals surface area contributed by atoms with Crippen molar-refractivity contribution in [1.82, 2.24) is 15.3 Å². The van der Waals surface area contributed by atoms with E-state index in [9.17, 15) is 0 Å². The highest BCUT2D eigenvalue weighted by atomic mass is 35.5. The van der Waals surface area contributed by atoms with Crippen LogP contribution in [0.2, 0.25) is 0 Å². The fourth-order valence-corrected chi connectivity index (χ4v) is 1.40. The number of rotatable bonds is 1. The van der Waals surface area contributed by atoms with E-state index in [2.05, 4.69) is 15.3 Å². The Morgan fingerprint density at radius 1 is 1.23 bits per heavy atom. The second-order valence-corrected chi connectivity index (χ2v) is 2.80. The Hall–Kier alpha value is -0.380. The normalized spacial score (nSPS) is 20.2. The van der Waals surface area contributed by atoms with Gasteiger partial charge in [-0.3, -0.25) is 0 Å². The third-order valence-electron chi connectivity index (χ3n) is 2.01. The van der Waals surface area contributed by atoms with Crippen LogP contribution in [0, 0.1) is 0 Å². The zero-order valence-electron chi connectivity index (χ0n) is 7.14. The van der Waals surface area contributed by atoms with Crippen LogP contribution in [-0.2, 0) is 0 Å². The highest BCUT2D eigenvalue weighted by molar-refractivity contribution is 5.85. The molecule has 1 aliphatic heterocycles. The molecule has 0 aliphatic carbocycles. The maximum atomic E-state index is 4.21. The van der Waals surface area contributed by atoms with Crippen LogP contribution in [0.15, 0.2) is 18.5 Å². The van der Waals surface area contributed by atoms with E-state index in [-0.39, 0.29) is 24.8 Å². The van der Waals surface area contributed by atoms with Gasteiger partial charge in [0.15, 0.2) is 0 Å². The van der Waals surface area contributed by atoms with Gasteiger partial charge in [-0.05, 0) is 19.0 Å². The van der Waals surface area contributed by atoms with Crippen LogP contribution in [0.1, 0.15) is 18.2 Å². The minimum atomic E-state index is 0. The maximum Gasteiger partial charge on any atom is 0.132 e. The summed E-state index contributed by atoms with van der Waals surface area (Å²) in [5.74, 6) is 1.52. The Labute approximate surface area is 90.2 Å². The predicted molar refractivity (Wildman–Crippen MR) is 56.8 cm³/mol. The molecule has 0 saturated carbocycles. The number of nitrogens with zero attached hydrogens (tertiary/aromatic N) is 2. The van der Waals surface area contributed by atoms with Crippen molar-refractivity contribution >= 4 is 24.8 Å². The van der Waals surface area contributed by atoms with E-state index in [0.717, 1.165) is 18.9 Å². The Bertz CT molecular complexity index is 224. The van der Waals surface area contributed by atoms with Gasteiger partial charge in [0.05, 0.1) is 0 Å². The van der Waals surface area contributed by atoms with E-state index in [0.29, 0.717) is 5.92 Å². The molecule has 0 bridgehead atoms. The van der Waals surface area contributed by atoms with Crippen molar-refractivity contribution in [3.05, 3.63) is 24.3 Å². The zero-order chi connectivity index (χ0) is 7.52. The third kappa shape index (κ3) is 3.10. The molecule has 5 heteroatoms. The van der Waals surface area contributed by atoms with Crippen LogP contribution < -0.4 is 5.32 Å². The van der Waals surface area contributed by atoms with Crippen LogP contribution in [0.3, 0.4) is 0 Å². The first-order chi connectivity index (χ1) is 5.47. The van der Waals surface area contributed by atoms with Crippen LogP contribution >= 0.6 is 24.8 Å². The Kier molecular flexibility index (Phi) is 5.95. The fraction of sp³-hybridized carbons (Fsp3) is 0.500. The predicted octanol–water partition coefficient (Wildman–Crippen LogP) is 1.40. The van der Waals surface area contributed by atoms with Crippen molar-refractivity contribution < 1.29 is 0 Å². The van der Waals surface area contributed by atoms with E-state index in [4.69, 9.17) is 0 Å². The molecule has 2 heterocycles. The minimum absolute atomic E-state index is 0. The summed E-state index contributed by atoms with van der Waals surface area (Å²) in [6.07, 6.45) is 4.78. The van der Waals surface area contributed by atoms with Gasteiger partial charge in [-0.2, -0.15) is 0 Å². The van der Waals surface area contributed by atoms with Gasteiger partial charge in [-0.1, -0.05) is 0 Å². The van der Waals surface area contributed by atoms with E-state index in [1.807, 2.05) is 6.07 Å². The Morgan fingerprint density at radius 3 is 2.46 bits per heavy atom. The van der Waals surface area contributed by atoms with Gasteiger partial charge in [0.2, 0.25) is 0 Å². The number of aromatic nitrogens is 2. The van der Waals surface area contributed by atoms with E-state index >= 15 is 0 Å². The first-order valence-electron chi connectivity index (χ1n) is 3.94. The molecule has 1 unspecified atom stereocenters. The lowest BCUT2D eigenvalue weighted by Gasteiger charge is -2.03. The SMILES string of the molecule is Cl.Cl.c1cnc(C2CCNC2)nc1. The second-order valence-electron chi connectivity index (χ2n) is 2.80. The van der Waals surface area contributed by atoms with Crippen molar-refractivity contribution in [2.24, 2.45) is 0 Å². The van der Waals surface area contributed by atoms with Gasteiger partial charge in [0, 0.05) is 24.9 Å². The molecule has 3 nitrogen and oxygen atoms in total. The summed E-state index contributed by atoms with van der Waals surface area (Å²) in [5.41, 5.74) is 0. The molecule has 0 spiro atoms. The van der Waals surface area contributed by atoms with Gasteiger partial charge < -0.3 is 5.32 Å². The summed E-state index contributed by atoms with van der Waals surface area (Å²) in [5, 5.41) is 3.29. The van der Waals surface area contributed by atoms with Crippen LogP contribution in [0.25, 0.3) is 0 Å². The minimum Gasteiger partial charge on any atom is -0.316 e. The maximum absolute atomic E-state index is 4.21. The molecule has 2 rings (SSSR count). The molecule has 1 atom stereocenters. The summed E-state index contributed by atoms with van der Waals surface area (Å²) in [6, 6.07) is 1.85. The third-order valence-corrected chi connectivity index (χ3v) is 2.01. The highest BCUT2D eigenvalue weighted by Crippen LogP contribution is 2.16. The molecule has 1 aliphatic rings. The molecule has 1 saturated heterocycles. The first-order valence-corrected chi connectivity index (χ1v) is 3.94. The molecule has 1 aromatic heterocycles. The number of hydrogen-bond acceptors (Lipinski definition) is 3. The molecule has 74 valence electrons. The average Bonchev–Trinajstić information content (AvgIpc) is 2.58. The van der Waals surface area contributed by atoms with Crippen LogP contribution in [0.4, 0.5) is 0 Å². The summed E-state index contributed by atoms with van der Waals surface area (Å²) in [7, 11) is 0. The molecule has 1 aromatic rings. The average molecular weight is 222 g/mol. The standard InChI is InChI=1S/C8H11N3.2ClH/c1-3-10-8(11-4-1)7-2-5-9-6-7;;/h1,3-4,7,9H,2,5-6H2;2*1H. The Balaban J connectivity index is 0.000000720. The van der Waals surface area contributed by atoms with Crippen molar-refractivity contribution in [1.29, 1.82) is 0 Å². The zero-order valence-corrected chi connectivity index (χ0v) is 8.77. The van der Waals surface area contributed by atoms with Crippen molar-refractivity contribution in [2.45, 2.75) is 12.3 Å². The largest absolute Gasteiger partial charge is 0.316 e. The smallest absolute Gasteiger partial charge is 0.132 e. The van der Waals surface area contributed by atoms with Crippen molar-refractivity contribution in [2.75, 3.05) is 13.1 Å². The number of hydrogen-bond donors (Lipinski definition) is 1. The number of nitrogens with one attached hydrogen (secondary N) is 1. The molecule has 1 fully saturated rings. The Morgan fingerprint density at radius 2 is 1.92 bits per heavy atom. The van der Waals surface area contributed by atoms with E-state index in [1.54, 1.807) is 12.4 Å². The van der Waals surface area contributed by atoms with E-state index < -0.39 is 0 Å². The van der Waals surface area contributed by atoms with Crippen LogP contribution in [0.5, 0.6) is 0 Å². The summed E-state index contributed by atoms with van der Waals surface area (Å²) in [6.45, 7) is 2.13. The highest BCUT2D eigenvalue weighted by Gasteiger charge is 2.17. The van der Waals surface area contributed by atoms with Crippen LogP contribution in [-0.4, -0.2) is 23.1 Å². The van der Waals surface area contributed by atoms with Gasteiger partial charge >= 0.3 is 0 Å². The molecule has 13 heavy (non-hydrogen) atoms. The van der Waals surface area contributed by atoms with Gasteiger partial charge in [0.25, 0.3) is 0 Å².